The van der Waals surface area contributed by atoms with E-state index in [2.05, 4.69) is 343 Å². The lowest BCUT2D eigenvalue weighted by molar-refractivity contribution is 0.604. The summed E-state index contributed by atoms with van der Waals surface area (Å²) in [7, 11) is 0. The maximum atomic E-state index is 8.56. The summed E-state index contributed by atoms with van der Waals surface area (Å²) in [4.78, 5) is 15.1. The van der Waals surface area contributed by atoms with Gasteiger partial charge in [-0.1, -0.05) is 223 Å². The standard InChI is InChI=1S/C10H13ClS.C8H8ClNS.C8H9NS.C8H12S.2C7H8BrClS.4C7H9BrS.C7H9ClS/c1-6(2)10-8(11)5-9(12-10)7-3-4-7;1-5(2)8-7(9)3-6(4-10)11-8;1-6(2)8-4-3-7(5-9)10-8;1-8(2,3)7-5-4-6-9-7;1-4(2)7-5(9)3-6(8)10-7;1-4(2)5-3-6(8)10-7(5)9;1-5(2)7-3-6(8)4-9-7;1-5(2)6-3-7(8)9-4-6;1-5(2)7-6(8)3-4-9-7;1-5(2)6-3-4-7(8)9-6;1-5(2)7-6(8)3-4-9-7/h5-7H,3-4H2,1-2H3;3,5H,1-2H3;3-4,6H,1-2H3;4-6H,1-3H3;2*3-4H,1-2H3;5*3-5H,1-2H3. The number of nitrogens with zero attached hydrogens (tertiary/aromatic N) is 2. The van der Waals surface area contributed by atoms with Crippen molar-refractivity contribution in [3.8, 4) is 12.1 Å². The molecule has 588 valence electrons. The molecule has 2 nitrogen and oxygen atoms in total. The zero-order chi connectivity index (χ0) is 81.3. The van der Waals surface area contributed by atoms with Crippen LogP contribution in [0.4, 0.5) is 0 Å². The second-order valence-electron chi connectivity index (χ2n) is 28.5. The van der Waals surface area contributed by atoms with Gasteiger partial charge in [-0.15, -0.1) is 125 Å². The lowest BCUT2D eigenvalue weighted by Crippen LogP contribution is -2.07. The minimum atomic E-state index is 0.341. The van der Waals surface area contributed by atoms with Crippen molar-refractivity contribution < 1.29 is 0 Å². The van der Waals surface area contributed by atoms with Crippen molar-refractivity contribution >= 4 is 278 Å². The first-order chi connectivity index (χ1) is 49.9. The second kappa shape index (κ2) is 53.4. The Balaban J connectivity index is 0.000000400. The molecule has 1 fully saturated rings. The second-order valence-corrected chi connectivity index (χ2v) is 49.2. The molecule has 12 rings (SSSR count). The monoisotopic (exact) mass is 2130 g/mol. The van der Waals surface area contributed by atoms with Crippen molar-refractivity contribution in [2.45, 2.75) is 243 Å². The highest BCUT2D eigenvalue weighted by Crippen LogP contribution is 2.47. The molecule has 1 aliphatic rings. The van der Waals surface area contributed by atoms with Gasteiger partial charge in [-0.05, 0) is 290 Å². The van der Waals surface area contributed by atoms with Gasteiger partial charge in [-0.3, -0.25) is 0 Å². The zero-order valence-electron chi connectivity index (χ0n) is 65.3. The van der Waals surface area contributed by atoms with Gasteiger partial charge in [-0.25, -0.2) is 0 Å². The first-order valence-corrected chi connectivity index (χ1v) is 51.0. The quantitative estimate of drug-likeness (QED) is 0.130. The van der Waals surface area contributed by atoms with Crippen LogP contribution in [0.2, 0.25) is 24.4 Å². The van der Waals surface area contributed by atoms with Gasteiger partial charge in [0, 0.05) is 63.1 Å². The Morgan fingerprint density at radius 3 is 1.14 bits per heavy atom. The van der Waals surface area contributed by atoms with Gasteiger partial charge in [0.25, 0.3) is 0 Å². The number of hydrogen-bond donors (Lipinski definition) is 0. The van der Waals surface area contributed by atoms with Crippen LogP contribution >= 0.6 is 278 Å². The summed E-state index contributed by atoms with van der Waals surface area (Å²) in [6, 6.07) is 33.0. The summed E-state index contributed by atoms with van der Waals surface area (Å²) < 4.78 is 8.04. The Labute approximate surface area is 763 Å². The molecule has 11 aromatic rings. The fourth-order valence-corrected chi connectivity index (χ4v) is 25.0. The van der Waals surface area contributed by atoms with Gasteiger partial charge in [0.05, 0.1) is 39.6 Å². The molecule has 24 heteroatoms. The van der Waals surface area contributed by atoms with E-state index in [1.165, 1.54) is 95.7 Å². The van der Waals surface area contributed by atoms with E-state index in [1.807, 2.05) is 86.3 Å². The molecule has 1 aliphatic carbocycles. The summed E-state index contributed by atoms with van der Waals surface area (Å²) in [6.07, 6.45) is 2.74. The van der Waals surface area contributed by atoms with E-state index in [-0.39, 0.29) is 0 Å². The third-order valence-corrected chi connectivity index (χ3v) is 34.5. The largest absolute Gasteiger partial charge is 0.192 e. The minimum Gasteiger partial charge on any atom is -0.192 e. The van der Waals surface area contributed by atoms with Crippen molar-refractivity contribution in [2.75, 3.05) is 0 Å². The van der Waals surface area contributed by atoms with Gasteiger partial charge in [0.2, 0.25) is 0 Å². The van der Waals surface area contributed by atoms with Crippen molar-refractivity contribution in [2.24, 2.45) is 0 Å². The number of thiophene rings is 11. The Morgan fingerprint density at radius 2 is 0.888 bits per heavy atom. The third kappa shape index (κ3) is 40.6. The van der Waals surface area contributed by atoms with Gasteiger partial charge in [-0.2, -0.15) is 10.5 Å². The van der Waals surface area contributed by atoms with E-state index < -0.39 is 0 Å². The van der Waals surface area contributed by atoms with E-state index in [0.717, 1.165) is 47.7 Å². The van der Waals surface area contributed by atoms with Crippen LogP contribution in [0, 0.1) is 22.7 Å². The van der Waals surface area contributed by atoms with Crippen LogP contribution in [0.3, 0.4) is 0 Å². The van der Waals surface area contributed by atoms with Crippen molar-refractivity contribution in [1.29, 1.82) is 10.5 Å². The van der Waals surface area contributed by atoms with E-state index >= 15 is 0 Å². The number of rotatable bonds is 11. The molecular weight excluding hydrogens is 2030 g/mol. The lowest BCUT2D eigenvalue weighted by Gasteiger charge is -2.14. The Kier molecular flexibility index (Phi) is 51.4. The molecule has 0 saturated heterocycles. The topological polar surface area (TPSA) is 47.6 Å². The molecule has 0 atom stereocenters. The highest BCUT2D eigenvalue weighted by atomic mass is 79.9. The van der Waals surface area contributed by atoms with E-state index in [1.54, 1.807) is 62.8 Å². The first kappa shape index (κ1) is 103. The third-order valence-electron chi connectivity index (χ3n) is 14.6. The molecule has 0 N–H and O–H groups in total. The van der Waals surface area contributed by atoms with Gasteiger partial charge in [0.1, 0.15) is 21.9 Å². The Hall–Kier alpha value is 0.01000. The number of halogens is 11. The molecule has 107 heavy (non-hydrogen) atoms. The normalized spacial score (nSPS) is 11.4. The van der Waals surface area contributed by atoms with Crippen molar-refractivity contribution in [3.05, 3.63) is 230 Å². The van der Waals surface area contributed by atoms with Crippen LogP contribution in [0.5, 0.6) is 0 Å². The molecule has 1 saturated carbocycles. The van der Waals surface area contributed by atoms with E-state index in [4.69, 9.17) is 68.5 Å². The smallest absolute Gasteiger partial charge is 0.110 e. The highest BCUT2D eigenvalue weighted by molar-refractivity contribution is 9.12. The molecular formula is C83H103Br6Cl5N2S11. The number of nitriles is 2. The highest BCUT2D eigenvalue weighted by Gasteiger charge is 2.27. The summed E-state index contributed by atoms with van der Waals surface area (Å²) in [5, 5.41) is 31.1. The maximum Gasteiger partial charge on any atom is 0.110 e. The summed E-state index contributed by atoms with van der Waals surface area (Å²) in [5.41, 5.74) is 3.00. The zero-order valence-corrected chi connectivity index (χ0v) is 87.6. The van der Waals surface area contributed by atoms with Crippen LogP contribution in [-0.4, -0.2) is 0 Å². The van der Waals surface area contributed by atoms with Crippen molar-refractivity contribution in [3.63, 3.8) is 0 Å². The van der Waals surface area contributed by atoms with Crippen LogP contribution in [0.1, 0.15) is 307 Å². The molecule has 0 amide bonds. The Morgan fingerprint density at radius 1 is 0.383 bits per heavy atom. The predicted molar refractivity (Wildman–Crippen MR) is 520 cm³/mol. The van der Waals surface area contributed by atoms with E-state index in [0.29, 0.717) is 69.5 Å². The first-order valence-electron chi connectivity index (χ1n) is 35.0. The van der Waals surface area contributed by atoms with Crippen LogP contribution in [-0.2, 0) is 5.41 Å². The average Bonchev–Trinajstić information content (AvgIpc) is 1.67. The molecule has 11 aromatic heterocycles. The van der Waals surface area contributed by atoms with Gasteiger partial charge < -0.3 is 0 Å². The summed E-state index contributed by atoms with van der Waals surface area (Å²) >= 11 is 69.2. The number of hydrogen-bond acceptors (Lipinski definition) is 13. The average molecular weight is 2140 g/mol. The molecule has 0 aromatic carbocycles. The maximum absolute atomic E-state index is 8.56. The SMILES string of the molecule is CC(C)(C)c1cccs1.CC(C)c1cc(Br)cs1.CC(C)c1cc(Br)sc1Cl.CC(C)c1ccc(Br)s1.CC(C)c1ccc(C#N)s1.CC(C)c1csc(Br)c1.CC(C)c1sc(Br)cc1Cl.CC(C)c1sc(C#N)cc1Cl.CC(C)c1sc(C2CC2)cc1Cl.CC(C)c1sccc1Br.CC(C)c1sccc1Cl. The summed E-state index contributed by atoms with van der Waals surface area (Å²) in [5.74, 6) is 6.66. The fourth-order valence-electron chi connectivity index (χ4n) is 8.45. The van der Waals surface area contributed by atoms with E-state index in [9.17, 15) is 0 Å². The fraction of sp³-hybridized carbons (Fsp3) is 0.446. The van der Waals surface area contributed by atoms with Gasteiger partial charge in [0.15, 0.2) is 0 Å². The molecule has 0 aliphatic heterocycles. The van der Waals surface area contributed by atoms with Crippen LogP contribution in [0.25, 0.3) is 0 Å². The lowest BCUT2D eigenvalue weighted by atomic mass is 9.95. The molecule has 11 heterocycles. The Bertz CT molecular complexity index is 4110. The predicted octanol–water partition coefficient (Wildman–Crippen LogP) is 40.2. The molecule has 0 radical (unpaired) electrons. The molecule has 0 unspecified atom stereocenters. The molecule has 0 bridgehead atoms. The molecule has 0 spiro atoms. The van der Waals surface area contributed by atoms with Crippen LogP contribution in [0.15, 0.2) is 136 Å². The van der Waals surface area contributed by atoms with Gasteiger partial charge >= 0.3 is 0 Å². The van der Waals surface area contributed by atoms with Crippen molar-refractivity contribution in [1.82, 2.24) is 0 Å². The van der Waals surface area contributed by atoms with Crippen LogP contribution < -0.4 is 0 Å². The minimum absolute atomic E-state index is 0.341. The summed E-state index contributed by atoms with van der Waals surface area (Å²) in [6.45, 7) is 50.0.